The predicted molar refractivity (Wildman–Crippen MR) is 170 cm³/mol. The quantitative estimate of drug-likeness (QED) is 0.266. The van der Waals surface area contributed by atoms with E-state index >= 15 is 0 Å². The number of benzene rings is 2. The highest BCUT2D eigenvalue weighted by Crippen LogP contribution is 2.39. The summed E-state index contributed by atoms with van der Waals surface area (Å²) in [4.78, 5) is 0. The fourth-order valence-corrected chi connectivity index (χ4v) is 5.75. The molecular weight excluding hydrogens is 501 g/mol. The highest BCUT2D eigenvalue weighted by molar-refractivity contribution is 6.74. The van der Waals surface area contributed by atoms with Crippen LogP contribution in [0.5, 0.6) is 0 Å². The molecule has 0 saturated heterocycles. The Bertz CT molecular complexity index is 1070. The van der Waals surface area contributed by atoms with E-state index in [9.17, 15) is 5.11 Å². The maximum absolute atomic E-state index is 9.37. The Morgan fingerprint density at radius 1 is 0.763 bits per heavy atom. The summed E-state index contributed by atoms with van der Waals surface area (Å²) in [5, 5.41) is 9.73. The van der Waals surface area contributed by atoms with Crippen molar-refractivity contribution in [2.45, 2.75) is 117 Å². The van der Waals surface area contributed by atoms with Gasteiger partial charge in [-0.1, -0.05) is 97.0 Å². The molecule has 0 unspecified atom stereocenters. The third-order valence-corrected chi connectivity index (χ3v) is 17.7. The zero-order valence-corrected chi connectivity index (χ0v) is 28.1. The van der Waals surface area contributed by atoms with E-state index in [0.717, 1.165) is 19.3 Å². The SMILES string of the molecule is CC/C(=C/CO)c1cccc(CCc2ccc(CO[Si](C)(C)C(C)(C)C)c(CO[Si](C)(C)C(C)(C)C)c2)c1. The molecule has 0 heterocycles. The van der Waals surface area contributed by atoms with Crippen molar-refractivity contribution in [1.29, 1.82) is 0 Å². The van der Waals surface area contributed by atoms with Crippen molar-refractivity contribution in [3.63, 3.8) is 0 Å². The Balaban J connectivity index is 2.27. The van der Waals surface area contributed by atoms with E-state index in [1.807, 2.05) is 6.08 Å². The third-order valence-electron chi connectivity index (χ3n) is 8.78. The van der Waals surface area contributed by atoms with Gasteiger partial charge in [0.2, 0.25) is 0 Å². The second-order valence-electron chi connectivity index (χ2n) is 13.7. The Labute approximate surface area is 235 Å². The van der Waals surface area contributed by atoms with Crippen LogP contribution in [0.4, 0.5) is 0 Å². The normalized spacial score (nSPS) is 13.7. The molecule has 38 heavy (non-hydrogen) atoms. The Morgan fingerprint density at radius 2 is 1.29 bits per heavy atom. The zero-order chi connectivity index (χ0) is 28.8. The molecule has 0 aliphatic rings. The minimum absolute atomic E-state index is 0.0820. The van der Waals surface area contributed by atoms with Gasteiger partial charge in [0.25, 0.3) is 0 Å². The molecule has 2 rings (SSSR count). The van der Waals surface area contributed by atoms with Crippen LogP contribution in [0.1, 0.15) is 82.7 Å². The number of aliphatic hydroxyl groups excluding tert-OH is 1. The van der Waals surface area contributed by atoms with E-state index in [4.69, 9.17) is 8.85 Å². The topological polar surface area (TPSA) is 38.7 Å². The van der Waals surface area contributed by atoms with Gasteiger partial charge in [-0.05, 0) is 88.9 Å². The van der Waals surface area contributed by atoms with E-state index in [1.165, 1.54) is 33.4 Å². The molecule has 0 aliphatic carbocycles. The van der Waals surface area contributed by atoms with Gasteiger partial charge in [-0.3, -0.25) is 0 Å². The number of hydrogen-bond acceptors (Lipinski definition) is 3. The Kier molecular flexibility index (Phi) is 11.4. The second-order valence-corrected chi connectivity index (χ2v) is 23.3. The minimum atomic E-state index is -1.87. The number of rotatable bonds is 12. The van der Waals surface area contributed by atoms with Crippen molar-refractivity contribution >= 4 is 22.2 Å². The number of hydrogen-bond donors (Lipinski definition) is 1. The fourth-order valence-electron chi connectivity index (χ4n) is 3.85. The van der Waals surface area contributed by atoms with E-state index < -0.39 is 16.6 Å². The van der Waals surface area contributed by atoms with E-state index in [2.05, 4.69) is 117 Å². The molecule has 0 spiro atoms. The van der Waals surface area contributed by atoms with Gasteiger partial charge in [-0.15, -0.1) is 0 Å². The van der Waals surface area contributed by atoms with Crippen LogP contribution in [-0.2, 0) is 34.9 Å². The van der Waals surface area contributed by atoms with E-state index in [-0.39, 0.29) is 16.7 Å². The summed E-state index contributed by atoms with van der Waals surface area (Å²) in [6, 6.07) is 15.6. The van der Waals surface area contributed by atoms with Crippen LogP contribution in [0.25, 0.3) is 5.57 Å². The first-order chi connectivity index (χ1) is 17.5. The van der Waals surface area contributed by atoms with Crippen molar-refractivity contribution in [2.75, 3.05) is 6.61 Å². The number of allylic oxidation sites excluding steroid dienone is 1. The lowest BCUT2D eigenvalue weighted by Gasteiger charge is -2.37. The van der Waals surface area contributed by atoms with Crippen LogP contribution >= 0.6 is 0 Å². The first kappa shape index (κ1) is 32.7. The molecule has 0 saturated carbocycles. The molecule has 2 aromatic carbocycles. The molecule has 212 valence electrons. The van der Waals surface area contributed by atoms with Gasteiger partial charge in [-0.25, -0.2) is 0 Å². The molecule has 3 nitrogen and oxygen atoms in total. The summed E-state index contributed by atoms with van der Waals surface area (Å²) in [6.07, 6.45) is 4.79. The summed E-state index contributed by atoms with van der Waals surface area (Å²) in [6.45, 7) is 26.6. The Morgan fingerprint density at radius 3 is 1.79 bits per heavy atom. The van der Waals surface area contributed by atoms with Crippen molar-refractivity contribution in [3.8, 4) is 0 Å². The number of aliphatic hydroxyl groups is 1. The molecule has 0 aromatic heterocycles. The highest BCUT2D eigenvalue weighted by Gasteiger charge is 2.38. The lowest BCUT2D eigenvalue weighted by atomic mass is 9.96. The first-order valence-corrected chi connectivity index (χ1v) is 20.1. The van der Waals surface area contributed by atoms with Crippen LogP contribution in [0.2, 0.25) is 36.3 Å². The highest BCUT2D eigenvalue weighted by atomic mass is 28.4. The second kappa shape index (κ2) is 13.2. The molecule has 0 bridgehead atoms. The standard InChI is InChI=1S/C33H54O3Si2/c1-12-28(20-21-34)29-15-13-14-26(22-29)16-17-27-18-19-30(24-35-37(8,9)32(2,3)4)31(23-27)25-36-38(10,11)33(5,6)7/h13-15,18-20,22-23,34H,12,16-17,21,24-25H2,1-11H3/b28-20-. The largest absolute Gasteiger partial charge is 0.413 e. The maximum atomic E-state index is 9.37. The molecule has 0 atom stereocenters. The van der Waals surface area contributed by atoms with Crippen molar-refractivity contribution in [2.24, 2.45) is 0 Å². The minimum Gasteiger partial charge on any atom is -0.413 e. The van der Waals surface area contributed by atoms with Crippen molar-refractivity contribution in [1.82, 2.24) is 0 Å². The van der Waals surface area contributed by atoms with Crippen LogP contribution in [0, 0.1) is 0 Å². The van der Waals surface area contributed by atoms with Gasteiger partial charge < -0.3 is 14.0 Å². The summed E-state index contributed by atoms with van der Waals surface area (Å²) in [7, 11) is -3.72. The first-order valence-electron chi connectivity index (χ1n) is 14.3. The summed E-state index contributed by atoms with van der Waals surface area (Å²) < 4.78 is 13.3. The van der Waals surface area contributed by atoms with E-state index in [0.29, 0.717) is 13.2 Å². The molecule has 0 radical (unpaired) electrons. The monoisotopic (exact) mass is 554 g/mol. The van der Waals surface area contributed by atoms with E-state index in [1.54, 1.807) is 0 Å². The summed E-state index contributed by atoms with van der Waals surface area (Å²) in [5.41, 5.74) is 7.58. The predicted octanol–water partition coefficient (Wildman–Crippen LogP) is 9.30. The fraction of sp³-hybridized carbons (Fsp3) is 0.576. The molecule has 0 aliphatic heterocycles. The van der Waals surface area contributed by atoms with Gasteiger partial charge in [0, 0.05) is 0 Å². The lowest BCUT2D eigenvalue weighted by molar-refractivity contribution is 0.257. The van der Waals surface area contributed by atoms with Crippen LogP contribution in [0.15, 0.2) is 48.5 Å². The van der Waals surface area contributed by atoms with Crippen LogP contribution < -0.4 is 0 Å². The maximum Gasteiger partial charge on any atom is 0.192 e. The van der Waals surface area contributed by atoms with Crippen molar-refractivity contribution < 1.29 is 14.0 Å². The Hall–Kier alpha value is -1.51. The van der Waals surface area contributed by atoms with Gasteiger partial charge in [0.05, 0.1) is 19.8 Å². The van der Waals surface area contributed by atoms with Crippen LogP contribution in [-0.4, -0.2) is 28.3 Å². The molecule has 1 N–H and O–H groups in total. The summed E-state index contributed by atoms with van der Waals surface area (Å²) in [5.74, 6) is 0. The smallest absolute Gasteiger partial charge is 0.192 e. The van der Waals surface area contributed by atoms with Gasteiger partial charge in [0.1, 0.15) is 0 Å². The molecule has 0 amide bonds. The van der Waals surface area contributed by atoms with Crippen molar-refractivity contribution in [3.05, 3.63) is 76.4 Å². The van der Waals surface area contributed by atoms with Crippen LogP contribution in [0.3, 0.4) is 0 Å². The van der Waals surface area contributed by atoms with Gasteiger partial charge in [0.15, 0.2) is 16.6 Å². The third kappa shape index (κ3) is 9.02. The molecule has 5 heteroatoms. The lowest BCUT2D eigenvalue weighted by Crippen LogP contribution is -2.41. The molecule has 2 aromatic rings. The summed E-state index contributed by atoms with van der Waals surface area (Å²) >= 11 is 0. The molecule has 0 fully saturated rings. The average molecular weight is 555 g/mol. The van der Waals surface area contributed by atoms with Gasteiger partial charge in [-0.2, -0.15) is 0 Å². The van der Waals surface area contributed by atoms with Gasteiger partial charge >= 0.3 is 0 Å². The molecular formula is C33H54O3Si2. The average Bonchev–Trinajstić information content (AvgIpc) is 2.82. The number of aryl methyl sites for hydroxylation is 2. The zero-order valence-electron chi connectivity index (χ0n) is 26.1.